The lowest BCUT2D eigenvalue weighted by atomic mass is 9.96. The van der Waals surface area contributed by atoms with Crippen LogP contribution in [0, 0.1) is 11.7 Å². The number of rotatable bonds is 5. The summed E-state index contributed by atoms with van der Waals surface area (Å²) < 4.78 is 15.3. The van der Waals surface area contributed by atoms with E-state index in [4.69, 9.17) is 0 Å². The lowest BCUT2D eigenvalue weighted by Crippen LogP contribution is -2.40. The number of amides is 1. The van der Waals surface area contributed by atoms with Gasteiger partial charge in [0, 0.05) is 37.2 Å². The standard InChI is InChI=1S/C19H20FN7O/c20-16-4-2-1-3-15(16)10-22-19(28)14-5-7-26(8-6-14)17-9-18(24-12-23-17)27-13-21-11-25-27/h1-4,9,11-14H,5-8,10H2,(H,22,28). The molecule has 0 radical (unpaired) electrons. The third-order valence-corrected chi connectivity index (χ3v) is 4.89. The predicted molar refractivity (Wildman–Crippen MR) is 100 cm³/mol. The maximum atomic E-state index is 13.7. The molecule has 4 rings (SSSR count). The topological polar surface area (TPSA) is 88.8 Å². The van der Waals surface area contributed by atoms with Crippen LogP contribution in [0.4, 0.5) is 10.2 Å². The number of hydrogen-bond acceptors (Lipinski definition) is 6. The zero-order chi connectivity index (χ0) is 19.3. The monoisotopic (exact) mass is 381 g/mol. The summed E-state index contributed by atoms with van der Waals surface area (Å²) in [6.45, 7) is 1.64. The molecule has 1 aliphatic heterocycles. The molecule has 28 heavy (non-hydrogen) atoms. The summed E-state index contributed by atoms with van der Waals surface area (Å²) in [7, 11) is 0. The van der Waals surface area contributed by atoms with E-state index in [1.54, 1.807) is 29.2 Å². The van der Waals surface area contributed by atoms with Gasteiger partial charge in [-0.25, -0.2) is 24.0 Å². The summed E-state index contributed by atoms with van der Waals surface area (Å²) in [6, 6.07) is 8.33. The Morgan fingerprint density at radius 2 is 1.93 bits per heavy atom. The average molecular weight is 381 g/mol. The molecule has 3 aromatic rings. The minimum atomic E-state index is -0.301. The second-order valence-corrected chi connectivity index (χ2v) is 6.64. The van der Waals surface area contributed by atoms with E-state index < -0.39 is 0 Å². The second-order valence-electron chi connectivity index (χ2n) is 6.64. The van der Waals surface area contributed by atoms with Gasteiger partial charge in [0.15, 0.2) is 5.82 Å². The molecular weight excluding hydrogens is 361 g/mol. The van der Waals surface area contributed by atoms with E-state index in [-0.39, 0.29) is 24.2 Å². The summed E-state index contributed by atoms with van der Waals surface area (Å²) in [5.41, 5.74) is 0.495. The van der Waals surface area contributed by atoms with Gasteiger partial charge >= 0.3 is 0 Å². The molecule has 0 saturated carbocycles. The Balaban J connectivity index is 1.33. The molecule has 0 spiro atoms. The van der Waals surface area contributed by atoms with E-state index in [0.29, 0.717) is 37.3 Å². The minimum Gasteiger partial charge on any atom is -0.356 e. The molecule has 144 valence electrons. The molecule has 0 atom stereocenters. The first-order valence-electron chi connectivity index (χ1n) is 9.14. The van der Waals surface area contributed by atoms with Crippen LogP contribution < -0.4 is 10.2 Å². The summed E-state index contributed by atoms with van der Waals surface area (Å²) >= 11 is 0. The second kappa shape index (κ2) is 8.12. The van der Waals surface area contributed by atoms with Crippen LogP contribution in [-0.2, 0) is 11.3 Å². The van der Waals surface area contributed by atoms with Crippen LogP contribution in [0.5, 0.6) is 0 Å². The van der Waals surface area contributed by atoms with Gasteiger partial charge in [-0.2, -0.15) is 5.10 Å². The zero-order valence-corrected chi connectivity index (χ0v) is 15.2. The molecular formula is C19H20FN7O. The zero-order valence-electron chi connectivity index (χ0n) is 15.2. The van der Waals surface area contributed by atoms with Crippen molar-refractivity contribution in [3.63, 3.8) is 0 Å². The van der Waals surface area contributed by atoms with Crippen molar-refractivity contribution in [3.8, 4) is 5.82 Å². The number of nitrogens with zero attached hydrogens (tertiary/aromatic N) is 6. The van der Waals surface area contributed by atoms with Crippen molar-refractivity contribution in [2.75, 3.05) is 18.0 Å². The molecule has 2 aromatic heterocycles. The number of nitrogens with one attached hydrogen (secondary N) is 1. The molecule has 1 aromatic carbocycles. The average Bonchev–Trinajstić information content (AvgIpc) is 3.28. The Morgan fingerprint density at radius 3 is 2.68 bits per heavy atom. The Morgan fingerprint density at radius 1 is 1.14 bits per heavy atom. The van der Waals surface area contributed by atoms with Crippen molar-refractivity contribution in [1.82, 2.24) is 30.0 Å². The van der Waals surface area contributed by atoms with E-state index in [2.05, 4.69) is 30.3 Å². The van der Waals surface area contributed by atoms with Gasteiger partial charge < -0.3 is 10.2 Å². The predicted octanol–water partition coefficient (Wildman–Crippen LogP) is 1.73. The van der Waals surface area contributed by atoms with Crippen LogP contribution in [0.15, 0.2) is 49.3 Å². The Bertz CT molecular complexity index is 939. The fourth-order valence-corrected chi connectivity index (χ4v) is 3.30. The molecule has 1 N–H and O–H groups in total. The van der Waals surface area contributed by atoms with E-state index >= 15 is 0 Å². The van der Waals surface area contributed by atoms with Gasteiger partial charge in [0.25, 0.3) is 0 Å². The number of piperidine rings is 1. The highest BCUT2D eigenvalue weighted by molar-refractivity contribution is 5.79. The highest BCUT2D eigenvalue weighted by Gasteiger charge is 2.25. The maximum Gasteiger partial charge on any atom is 0.223 e. The first kappa shape index (κ1) is 18.0. The fraction of sp³-hybridized carbons (Fsp3) is 0.316. The van der Waals surface area contributed by atoms with Gasteiger partial charge in [0.05, 0.1) is 0 Å². The van der Waals surface area contributed by atoms with Crippen LogP contribution in [0.3, 0.4) is 0 Å². The van der Waals surface area contributed by atoms with E-state index in [1.807, 2.05) is 6.07 Å². The SMILES string of the molecule is O=C(NCc1ccccc1F)C1CCN(c2cc(-n3cncn3)ncn2)CC1. The van der Waals surface area contributed by atoms with E-state index in [1.165, 1.54) is 18.7 Å². The van der Waals surface area contributed by atoms with Gasteiger partial charge in [0.2, 0.25) is 5.91 Å². The van der Waals surface area contributed by atoms with E-state index in [0.717, 1.165) is 5.82 Å². The van der Waals surface area contributed by atoms with Gasteiger partial charge in [0.1, 0.15) is 30.6 Å². The molecule has 9 heteroatoms. The highest BCUT2D eigenvalue weighted by Crippen LogP contribution is 2.23. The first-order valence-corrected chi connectivity index (χ1v) is 9.14. The number of aromatic nitrogens is 5. The lowest BCUT2D eigenvalue weighted by Gasteiger charge is -2.32. The smallest absolute Gasteiger partial charge is 0.223 e. The lowest BCUT2D eigenvalue weighted by molar-refractivity contribution is -0.125. The molecule has 1 fully saturated rings. The summed E-state index contributed by atoms with van der Waals surface area (Å²) in [5.74, 6) is 1.02. The molecule has 8 nitrogen and oxygen atoms in total. The van der Waals surface area contributed by atoms with Gasteiger partial charge in [-0.3, -0.25) is 4.79 Å². The number of carbonyl (C=O) groups is 1. The van der Waals surface area contributed by atoms with Crippen molar-refractivity contribution >= 4 is 11.7 Å². The van der Waals surface area contributed by atoms with Gasteiger partial charge in [-0.1, -0.05) is 18.2 Å². The summed E-state index contributed by atoms with van der Waals surface area (Å²) in [4.78, 5) is 27.0. The van der Waals surface area contributed by atoms with Gasteiger partial charge in [-0.15, -0.1) is 0 Å². The molecule has 0 unspecified atom stereocenters. The maximum absolute atomic E-state index is 13.7. The van der Waals surface area contributed by atoms with Crippen LogP contribution in [0.25, 0.3) is 5.82 Å². The normalized spacial score (nSPS) is 14.8. The number of benzene rings is 1. The number of carbonyl (C=O) groups excluding carboxylic acids is 1. The molecule has 3 heterocycles. The number of hydrogen-bond donors (Lipinski definition) is 1. The van der Waals surface area contributed by atoms with Crippen molar-refractivity contribution < 1.29 is 9.18 Å². The van der Waals surface area contributed by atoms with Crippen molar-refractivity contribution in [3.05, 3.63) is 60.7 Å². The third-order valence-electron chi connectivity index (χ3n) is 4.89. The van der Waals surface area contributed by atoms with Crippen LogP contribution in [-0.4, -0.2) is 43.7 Å². The summed E-state index contributed by atoms with van der Waals surface area (Å²) in [5, 5.41) is 6.93. The number of anilines is 1. The molecule has 0 aliphatic carbocycles. The van der Waals surface area contributed by atoms with Crippen LogP contribution in [0.2, 0.25) is 0 Å². The molecule has 0 bridgehead atoms. The van der Waals surface area contributed by atoms with Crippen LogP contribution >= 0.6 is 0 Å². The number of halogens is 1. The van der Waals surface area contributed by atoms with Crippen molar-refractivity contribution in [1.29, 1.82) is 0 Å². The quantitative estimate of drug-likeness (QED) is 0.724. The minimum absolute atomic E-state index is 0.0334. The molecule has 1 saturated heterocycles. The Hall–Kier alpha value is -3.36. The van der Waals surface area contributed by atoms with Crippen LogP contribution in [0.1, 0.15) is 18.4 Å². The van der Waals surface area contributed by atoms with Gasteiger partial charge in [-0.05, 0) is 18.9 Å². The summed E-state index contributed by atoms with van der Waals surface area (Å²) in [6.07, 6.45) is 5.96. The third kappa shape index (κ3) is 3.98. The highest BCUT2D eigenvalue weighted by atomic mass is 19.1. The molecule has 1 aliphatic rings. The largest absolute Gasteiger partial charge is 0.356 e. The van der Waals surface area contributed by atoms with Crippen molar-refractivity contribution in [2.45, 2.75) is 19.4 Å². The van der Waals surface area contributed by atoms with E-state index in [9.17, 15) is 9.18 Å². The first-order chi connectivity index (χ1) is 13.7. The molecule has 1 amide bonds. The fourth-order valence-electron chi connectivity index (χ4n) is 3.30. The van der Waals surface area contributed by atoms with Crippen molar-refractivity contribution in [2.24, 2.45) is 5.92 Å². The Kier molecular flexibility index (Phi) is 5.22. The Labute approximate surface area is 161 Å².